The van der Waals surface area contributed by atoms with Crippen molar-refractivity contribution in [2.24, 2.45) is 0 Å². The summed E-state index contributed by atoms with van der Waals surface area (Å²) in [5.41, 5.74) is 1.46. The van der Waals surface area contributed by atoms with Crippen LogP contribution < -0.4 is 4.74 Å². The highest BCUT2D eigenvalue weighted by Gasteiger charge is 2.27. The Morgan fingerprint density at radius 2 is 1.68 bits per heavy atom. The lowest BCUT2D eigenvalue weighted by atomic mass is 9.87. The number of likely N-dealkylation sites (N-methyl/N-ethyl adjacent to an activating group) is 1. The van der Waals surface area contributed by atoms with E-state index in [1.165, 1.54) is 37.9 Å². The Kier molecular flexibility index (Phi) is 5.51. The average molecular weight is 306 g/mol. The molecule has 1 aromatic carbocycles. The zero-order valence-electron chi connectivity index (χ0n) is 14.6. The summed E-state index contributed by atoms with van der Waals surface area (Å²) in [5, 5.41) is 10.3. The fourth-order valence-electron chi connectivity index (χ4n) is 3.26. The lowest BCUT2D eigenvalue weighted by Crippen LogP contribution is -2.52. The third-order valence-electron chi connectivity index (χ3n) is 4.71. The molecule has 124 valence electrons. The molecular formula is C19H32NO2+. The molecule has 0 amide bonds. The first-order valence-corrected chi connectivity index (χ1v) is 8.53. The van der Waals surface area contributed by atoms with E-state index in [0.29, 0.717) is 6.61 Å². The highest BCUT2D eigenvalue weighted by Crippen LogP contribution is 2.24. The van der Waals surface area contributed by atoms with Crippen LogP contribution in [0.4, 0.5) is 0 Å². The first-order valence-electron chi connectivity index (χ1n) is 8.53. The minimum atomic E-state index is -0.398. The van der Waals surface area contributed by atoms with Crippen LogP contribution in [0, 0.1) is 0 Å². The molecule has 1 aliphatic heterocycles. The summed E-state index contributed by atoms with van der Waals surface area (Å²) in [7, 11) is 2.25. The Labute approximate surface area is 135 Å². The van der Waals surface area contributed by atoms with Crippen molar-refractivity contribution in [2.75, 3.05) is 33.3 Å². The summed E-state index contributed by atoms with van der Waals surface area (Å²) in [4.78, 5) is 0. The predicted octanol–water partition coefficient (Wildman–Crippen LogP) is 3.35. The number of nitrogens with zero attached hydrogens (tertiary/aromatic N) is 1. The summed E-state index contributed by atoms with van der Waals surface area (Å²) >= 11 is 0. The molecule has 0 aliphatic carbocycles. The number of hydrogen-bond acceptors (Lipinski definition) is 2. The van der Waals surface area contributed by atoms with Gasteiger partial charge in [0, 0.05) is 0 Å². The maximum atomic E-state index is 10.3. The van der Waals surface area contributed by atoms with E-state index in [4.69, 9.17) is 4.74 Å². The molecule has 0 spiro atoms. The summed E-state index contributed by atoms with van der Waals surface area (Å²) in [6.45, 7) is 10.1. The third-order valence-corrected chi connectivity index (χ3v) is 4.71. The maximum absolute atomic E-state index is 10.3. The standard InChI is InChI=1S/C19H32NO2/c1-19(2,3)16-8-10-18(11-9-16)22-15-17(21)14-20(4)12-6-5-7-13-20/h8-11,17,21H,5-7,12-15H2,1-4H3/q+1/t17-/m0/s1. The quantitative estimate of drug-likeness (QED) is 0.845. The topological polar surface area (TPSA) is 29.5 Å². The highest BCUT2D eigenvalue weighted by atomic mass is 16.5. The van der Waals surface area contributed by atoms with Crippen LogP contribution in [0.2, 0.25) is 0 Å². The number of benzene rings is 1. The fourth-order valence-corrected chi connectivity index (χ4v) is 3.26. The van der Waals surface area contributed by atoms with E-state index in [1.54, 1.807) is 0 Å². The van der Waals surface area contributed by atoms with E-state index in [0.717, 1.165) is 16.8 Å². The Morgan fingerprint density at radius 3 is 2.23 bits per heavy atom. The molecular weight excluding hydrogens is 274 g/mol. The lowest BCUT2D eigenvalue weighted by Gasteiger charge is -2.39. The van der Waals surface area contributed by atoms with E-state index in [1.807, 2.05) is 12.1 Å². The molecule has 1 aliphatic rings. The van der Waals surface area contributed by atoms with Gasteiger partial charge in [-0.05, 0) is 42.4 Å². The molecule has 1 fully saturated rings. The van der Waals surface area contributed by atoms with Gasteiger partial charge >= 0.3 is 0 Å². The second kappa shape index (κ2) is 7.01. The van der Waals surface area contributed by atoms with Gasteiger partial charge < -0.3 is 14.3 Å². The number of hydrogen-bond donors (Lipinski definition) is 1. The molecule has 1 N–H and O–H groups in total. The van der Waals surface area contributed by atoms with Gasteiger partial charge in [-0.2, -0.15) is 0 Å². The van der Waals surface area contributed by atoms with Gasteiger partial charge in [-0.15, -0.1) is 0 Å². The van der Waals surface area contributed by atoms with E-state index >= 15 is 0 Å². The monoisotopic (exact) mass is 306 g/mol. The molecule has 3 heteroatoms. The van der Waals surface area contributed by atoms with Crippen molar-refractivity contribution in [2.45, 2.75) is 51.6 Å². The van der Waals surface area contributed by atoms with Gasteiger partial charge in [0.15, 0.2) is 0 Å². The van der Waals surface area contributed by atoms with Gasteiger partial charge in [0.25, 0.3) is 0 Å². The zero-order valence-corrected chi connectivity index (χ0v) is 14.6. The van der Waals surface area contributed by atoms with Crippen LogP contribution >= 0.6 is 0 Å². The van der Waals surface area contributed by atoms with Crippen molar-refractivity contribution in [3.63, 3.8) is 0 Å². The number of aliphatic hydroxyl groups excluding tert-OH is 1. The normalized spacial score (nSPS) is 19.7. The van der Waals surface area contributed by atoms with Gasteiger partial charge in [0.1, 0.15) is 25.0 Å². The summed E-state index contributed by atoms with van der Waals surface area (Å²) in [6, 6.07) is 8.23. The number of aliphatic hydroxyl groups is 1. The lowest BCUT2D eigenvalue weighted by molar-refractivity contribution is -0.916. The van der Waals surface area contributed by atoms with Crippen LogP contribution in [-0.2, 0) is 5.41 Å². The van der Waals surface area contributed by atoms with Crippen LogP contribution in [0.1, 0.15) is 45.6 Å². The van der Waals surface area contributed by atoms with Gasteiger partial charge in [0.2, 0.25) is 0 Å². The van der Waals surface area contributed by atoms with Crippen molar-refractivity contribution in [3.05, 3.63) is 29.8 Å². The number of likely N-dealkylation sites (tertiary alicyclic amines) is 1. The van der Waals surface area contributed by atoms with Gasteiger partial charge in [-0.3, -0.25) is 0 Å². The van der Waals surface area contributed by atoms with Crippen LogP contribution in [0.5, 0.6) is 5.75 Å². The predicted molar refractivity (Wildman–Crippen MR) is 91.3 cm³/mol. The SMILES string of the molecule is CC(C)(C)c1ccc(OC[C@@H](O)C[N+]2(C)CCCCC2)cc1. The second-order valence-corrected chi connectivity index (χ2v) is 8.05. The summed E-state index contributed by atoms with van der Waals surface area (Å²) in [5.74, 6) is 0.841. The van der Waals surface area contributed by atoms with Crippen LogP contribution in [0.25, 0.3) is 0 Å². The van der Waals surface area contributed by atoms with Crippen LogP contribution in [0.15, 0.2) is 24.3 Å². The molecule has 0 aromatic heterocycles. The van der Waals surface area contributed by atoms with Crippen molar-refractivity contribution < 1.29 is 14.3 Å². The van der Waals surface area contributed by atoms with Crippen molar-refractivity contribution in [1.29, 1.82) is 0 Å². The first-order chi connectivity index (χ1) is 10.3. The molecule has 1 atom stereocenters. The molecule has 22 heavy (non-hydrogen) atoms. The number of piperidine rings is 1. The van der Waals surface area contributed by atoms with E-state index in [-0.39, 0.29) is 5.41 Å². The van der Waals surface area contributed by atoms with Crippen LogP contribution in [0.3, 0.4) is 0 Å². The van der Waals surface area contributed by atoms with Crippen LogP contribution in [-0.4, -0.2) is 49.0 Å². The smallest absolute Gasteiger partial charge is 0.137 e. The fraction of sp³-hybridized carbons (Fsp3) is 0.684. The molecule has 0 unspecified atom stereocenters. The van der Waals surface area contributed by atoms with Gasteiger partial charge in [0.05, 0.1) is 20.1 Å². The number of rotatable bonds is 5. The van der Waals surface area contributed by atoms with E-state index < -0.39 is 6.10 Å². The first kappa shape index (κ1) is 17.3. The molecule has 1 aromatic rings. The minimum Gasteiger partial charge on any atom is -0.491 e. The molecule has 2 rings (SSSR count). The molecule has 1 saturated heterocycles. The van der Waals surface area contributed by atoms with Gasteiger partial charge in [-0.1, -0.05) is 32.9 Å². The molecule has 0 radical (unpaired) electrons. The van der Waals surface area contributed by atoms with E-state index in [2.05, 4.69) is 40.0 Å². The number of quaternary nitrogens is 1. The average Bonchev–Trinajstić information content (AvgIpc) is 2.45. The van der Waals surface area contributed by atoms with E-state index in [9.17, 15) is 5.11 Å². The minimum absolute atomic E-state index is 0.158. The molecule has 1 heterocycles. The summed E-state index contributed by atoms with van der Waals surface area (Å²) in [6.07, 6.45) is 3.49. The highest BCUT2D eigenvalue weighted by molar-refractivity contribution is 5.31. The summed E-state index contributed by atoms with van der Waals surface area (Å²) < 4.78 is 6.74. The van der Waals surface area contributed by atoms with Crippen molar-refractivity contribution in [3.8, 4) is 5.75 Å². The van der Waals surface area contributed by atoms with Crippen molar-refractivity contribution >= 4 is 0 Å². The Hall–Kier alpha value is -1.06. The largest absolute Gasteiger partial charge is 0.491 e. The maximum Gasteiger partial charge on any atom is 0.137 e. The molecule has 3 nitrogen and oxygen atoms in total. The molecule has 0 saturated carbocycles. The Bertz CT molecular complexity index is 455. The van der Waals surface area contributed by atoms with Crippen molar-refractivity contribution in [1.82, 2.24) is 0 Å². The third kappa shape index (κ3) is 4.99. The molecule has 0 bridgehead atoms. The number of ether oxygens (including phenoxy) is 1. The Morgan fingerprint density at radius 1 is 1.09 bits per heavy atom. The Balaban J connectivity index is 1.82. The zero-order chi connectivity index (χ0) is 16.2. The van der Waals surface area contributed by atoms with Gasteiger partial charge in [-0.25, -0.2) is 0 Å². The second-order valence-electron chi connectivity index (χ2n) is 8.05.